The number of nitrogens with zero attached hydrogens (tertiary/aromatic N) is 2. The Morgan fingerprint density at radius 3 is 2.42 bits per heavy atom. The summed E-state index contributed by atoms with van der Waals surface area (Å²) in [5.74, 6) is 1.57. The lowest BCUT2D eigenvalue weighted by Crippen LogP contribution is -2.38. The second-order valence-electron chi connectivity index (χ2n) is 5.26. The molecule has 0 aliphatic carbocycles. The van der Waals surface area contributed by atoms with Crippen LogP contribution in [0.2, 0.25) is 0 Å². The van der Waals surface area contributed by atoms with E-state index >= 15 is 0 Å². The van der Waals surface area contributed by atoms with Crippen LogP contribution < -0.4 is 10.6 Å². The molecule has 4 heteroatoms. The Morgan fingerprint density at radius 2 is 1.95 bits per heavy atom. The van der Waals surface area contributed by atoms with E-state index in [9.17, 15) is 0 Å². The van der Waals surface area contributed by atoms with Crippen LogP contribution in [-0.4, -0.2) is 22.6 Å². The summed E-state index contributed by atoms with van der Waals surface area (Å²) in [6.07, 6.45) is 2.23. The number of thiocarbonyl (C=S) groups is 1. The van der Waals surface area contributed by atoms with Crippen LogP contribution in [0, 0.1) is 5.92 Å². The number of hydrogen-bond acceptors (Lipinski definition) is 3. The van der Waals surface area contributed by atoms with Crippen LogP contribution in [0.25, 0.3) is 0 Å². The predicted octanol–water partition coefficient (Wildman–Crippen LogP) is 3.37. The minimum atomic E-state index is 0.357. The van der Waals surface area contributed by atoms with E-state index in [2.05, 4.69) is 37.6 Å². The zero-order chi connectivity index (χ0) is 14.4. The van der Waals surface area contributed by atoms with Crippen molar-refractivity contribution in [1.29, 1.82) is 0 Å². The molecule has 0 atom stereocenters. The van der Waals surface area contributed by atoms with Gasteiger partial charge in [0, 0.05) is 12.6 Å². The van der Waals surface area contributed by atoms with Gasteiger partial charge in [-0.25, -0.2) is 4.98 Å². The van der Waals surface area contributed by atoms with Crippen molar-refractivity contribution in [3.8, 4) is 0 Å². The van der Waals surface area contributed by atoms with Gasteiger partial charge >= 0.3 is 0 Å². The van der Waals surface area contributed by atoms with E-state index in [1.54, 1.807) is 0 Å². The summed E-state index contributed by atoms with van der Waals surface area (Å²) in [6, 6.07) is 6.40. The highest BCUT2D eigenvalue weighted by molar-refractivity contribution is 7.80. The highest BCUT2D eigenvalue weighted by atomic mass is 32.1. The number of nitrogens with two attached hydrogens (primary N) is 1. The lowest BCUT2D eigenvalue weighted by atomic mass is 10.1. The molecule has 2 N–H and O–H groups in total. The van der Waals surface area contributed by atoms with Crippen molar-refractivity contribution >= 4 is 23.0 Å². The van der Waals surface area contributed by atoms with Crippen LogP contribution in [0.1, 0.15) is 46.2 Å². The normalized spacial score (nSPS) is 11.1. The number of hydrogen-bond donors (Lipinski definition) is 1. The van der Waals surface area contributed by atoms with Crippen molar-refractivity contribution in [1.82, 2.24) is 4.98 Å². The van der Waals surface area contributed by atoms with E-state index in [-0.39, 0.29) is 0 Å². The minimum Gasteiger partial charge on any atom is -0.388 e. The zero-order valence-electron chi connectivity index (χ0n) is 12.4. The van der Waals surface area contributed by atoms with Gasteiger partial charge < -0.3 is 10.6 Å². The fraction of sp³-hybridized carbons (Fsp3) is 0.600. The Morgan fingerprint density at radius 1 is 1.32 bits per heavy atom. The van der Waals surface area contributed by atoms with Gasteiger partial charge in [-0.15, -0.1) is 0 Å². The lowest BCUT2D eigenvalue weighted by Gasteiger charge is -2.33. The maximum absolute atomic E-state index is 5.68. The van der Waals surface area contributed by atoms with Crippen LogP contribution in [0.3, 0.4) is 0 Å². The smallest absolute Gasteiger partial charge is 0.129 e. The number of pyridine rings is 1. The average molecular weight is 279 g/mol. The van der Waals surface area contributed by atoms with Crippen molar-refractivity contribution in [2.45, 2.75) is 46.6 Å². The molecular weight excluding hydrogens is 254 g/mol. The van der Waals surface area contributed by atoms with E-state index in [1.807, 2.05) is 18.2 Å². The fourth-order valence-corrected chi connectivity index (χ4v) is 2.39. The molecule has 19 heavy (non-hydrogen) atoms. The minimum absolute atomic E-state index is 0.357. The van der Waals surface area contributed by atoms with Crippen LogP contribution in [0.5, 0.6) is 0 Å². The Kier molecular flexibility index (Phi) is 6.22. The maximum atomic E-state index is 5.68. The number of anilines is 1. The first kappa shape index (κ1) is 15.9. The first-order chi connectivity index (χ1) is 8.99. The molecule has 0 bridgehead atoms. The molecule has 0 aliphatic heterocycles. The predicted molar refractivity (Wildman–Crippen MR) is 86.7 cm³/mol. The summed E-state index contributed by atoms with van der Waals surface area (Å²) >= 11 is 5.02. The van der Waals surface area contributed by atoms with Crippen molar-refractivity contribution in [3.63, 3.8) is 0 Å². The topological polar surface area (TPSA) is 42.1 Å². The second-order valence-corrected chi connectivity index (χ2v) is 5.70. The van der Waals surface area contributed by atoms with Crippen molar-refractivity contribution < 1.29 is 0 Å². The monoisotopic (exact) mass is 279 g/mol. The molecule has 1 rings (SSSR count). The molecule has 0 radical (unpaired) electrons. The van der Waals surface area contributed by atoms with Gasteiger partial charge in [-0.3, -0.25) is 0 Å². The van der Waals surface area contributed by atoms with E-state index < -0.39 is 0 Å². The molecule has 0 aromatic carbocycles. The maximum Gasteiger partial charge on any atom is 0.129 e. The summed E-state index contributed by atoms with van der Waals surface area (Å²) in [6.45, 7) is 9.90. The van der Waals surface area contributed by atoms with Crippen LogP contribution in [-0.2, 0) is 0 Å². The SMILES string of the molecule is CCC(CC)N(CC(C)C)c1cccc(C(N)=S)n1. The lowest BCUT2D eigenvalue weighted by molar-refractivity contribution is 0.503. The Balaban J connectivity index is 3.08. The molecule has 106 valence electrons. The molecule has 0 aliphatic rings. The third-order valence-corrected chi connectivity index (χ3v) is 3.44. The molecule has 0 amide bonds. The molecule has 0 spiro atoms. The van der Waals surface area contributed by atoms with Crippen molar-refractivity contribution in [2.24, 2.45) is 11.7 Å². The molecule has 3 nitrogen and oxygen atoms in total. The largest absolute Gasteiger partial charge is 0.388 e. The van der Waals surface area contributed by atoms with Crippen LogP contribution in [0.4, 0.5) is 5.82 Å². The highest BCUT2D eigenvalue weighted by Gasteiger charge is 2.18. The Bertz CT molecular complexity index is 414. The molecule has 0 fully saturated rings. The second kappa shape index (κ2) is 7.43. The number of rotatable bonds is 7. The summed E-state index contributed by atoms with van der Waals surface area (Å²) in [5.41, 5.74) is 6.38. The van der Waals surface area contributed by atoms with Gasteiger partial charge in [-0.05, 0) is 30.9 Å². The zero-order valence-corrected chi connectivity index (χ0v) is 13.2. The van der Waals surface area contributed by atoms with Gasteiger partial charge in [-0.1, -0.05) is 46.0 Å². The Labute approximate surface area is 122 Å². The molecule has 0 saturated heterocycles. The standard InChI is InChI=1S/C15H25N3S/c1-5-12(6-2)18(10-11(3)4)14-9-7-8-13(17-14)15(16)19/h7-9,11-12H,5-6,10H2,1-4H3,(H2,16,19). The van der Waals surface area contributed by atoms with E-state index in [0.29, 0.717) is 22.6 Å². The Hall–Kier alpha value is -1.16. The summed E-state index contributed by atoms with van der Waals surface area (Å²) < 4.78 is 0. The average Bonchev–Trinajstić information content (AvgIpc) is 2.38. The molecular formula is C15H25N3S. The third-order valence-electron chi connectivity index (χ3n) is 3.23. The first-order valence-corrected chi connectivity index (χ1v) is 7.43. The fourth-order valence-electron chi connectivity index (χ4n) is 2.27. The van der Waals surface area contributed by atoms with E-state index in [1.165, 1.54) is 0 Å². The third kappa shape index (κ3) is 4.46. The van der Waals surface area contributed by atoms with Gasteiger partial charge in [0.2, 0.25) is 0 Å². The van der Waals surface area contributed by atoms with Gasteiger partial charge in [0.1, 0.15) is 10.8 Å². The summed E-state index contributed by atoms with van der Waals surface area (Å²) in [4.78, 5) is 7.34. The van der Waals surface area contributed by atoms with Crippen LogP contribution >= 0.6 is 12.2 Å². The van der Waals surface area contributed by atoms with Crippen molar-refractivity contribution in [2.75, 3.05) is 11.4 Å². The molecule has 0 unspecified atom stereocenters. The summed E-state index contributed by atoms with van der Waals surface area (Å²) in [5, 5.41) is 0. The molecule has 0 saturated carbocycles. The van der Waals surface area contributed by atoms with Gasteiger partial charge in [0.05, 0.1) is 5.69 Å². The molecule has 1 heterocycles. The molecule has 1 aromatic heterocycles. The van der Waals surface area contributed by atoms with Crippen LogP contribution in [0.15, 0.2) is 18.2 Å². The van der Waals surface area contributed by atoms with Gasteiger partial charge in [-0.2, -0.15) is 0 Å². The molecule has 1 aromatic rings. The van der Waals surface area contributed by atoms with Gasteiger partial charge in [0.25, 0.3) is 0 Å². The van der Waals surface area contributed by atoms with E-state index in [4.69, 9.17) is 18.0 Å². The quantitative estimate of drug-likeness (QED) is 0.777. The number of aromatic nitrogens is 1. The van der Waals surface area contributed by atoms with Crippen molar-refractivity contribution in [3.05, 3.63) is 23.9 Å². The summed E-state index contributed by atoms with van der Waals surface area (Å²) in [7, 11) is 0. The highest BCUT2D eigenvalue weighted by Crippen LogP contribution is 2.20. The van der Waals surface area contributed by atoms with E-state index in [0.717, 1.165) is 25.2 Å². The van der Waals surface area contributed by atoms with Gasteiger partial charge in [0.15, 0.2) is 0 Å². The first-order valence-electron chi connectivity index (χ1n) is 7.03.